The smallest absolute Gasteiger partial charge is 0.339 e. The number of fused-ring (bicyclic) bond motifs is 3. The fraction of sp³-hybridized carbons (Fsp3) is 0.417. The molecule has 4 nitrogen and oxygen atoms in total. The SMILES string of the molecule is CC(C)[Si](C(C)C)(C(C)C)n1ccc2c3c(ccc21)C(=O)OC3c1cccnc1. The van der Waals surface area contributed by atoms with Crippen molar-refractivity contribution in [2.45, 2.75) is 64.3 Å². The summed E-state index contributed by atoms with van der Waals surface area (Å²) in [6.45, 7) is 14.2. The minimum absolute atomic E-state index is 0.247. The normalized spacial score (nSPS) is 16.9. The van der Waals surface area contributed by atoms with Crippen LogP contribution in [0.15, 0.2) is 48.9 Å². The van der Waals surface area contributed by atoms with Gasteiger partial charge in [0.15, 0.2) is 14.3 Å². The van der Waals surface area contributed by atoms with Gasteiger partial charge in [0.05, 0.1) is 5.56 Å². The number of cyclic esters (lactones) is 1. The highest BCUT2D eigenvalue weighted by Crippen LogP contribution is 2.46. The van der Waals surface area contributed by atoms with Crippen LogP contribution in [0.1, 0.15) is 69.1 Å². The van der Waals surface area contributed by atoms with Crippen molar-refractivity contribution >= 4 is 25.1 Å². The first-order chi connectivity index (χ1) is 13.8. The van der Waals surface area contributed by atoms with Gasteiger partial charge in [0.1, 0.15) is 0 Å². The number of esters is 1. The fourth-order valence-electron chi connectivity index (χ4n) is 5.87. The predicted molar refractivity (Wildman–Crippen MR) is 120 cm³/mol. The van der Waals surface area contributed by atoms with Gasteiger partial charge >= 0.3 is 5.97 Å². The maximum Gasteiger partial charge on any atom is 0.339 e. The zero-order valence-electron chi connectivity index (χ0n) is 18.1. The second kappa shape index (κ2) is 7.13. The number of hydrogen-bond acceptors (Lipinski definition) is 3. The number of benzene rings is 1. The van der Waals surface area contributed by atoms with Crippen LogP contribution in [0.5, 0.6) is 0 Å². The van der Waals surface area contributed by atoms with E-state index >= 15 is 0 Å². The van der Waals surface area contributed by atoms with Crippen molar-refractivity contribution in [3.05, 3.63) is 65.6 Å². The van der Waals surface area contributed by atoms with Crippen LogP contribution in [-0.4, -0.2) is 23.4 Å². The maximum absolute atomic E-state index is 12.6. The first kappa shape index (κ1) is 19.9. The average molecular weight is 407 g/mol. The largest absolute Gasteiger partial charge is 0.449 e. The summed E-state index contributed by atoms with van der Waals surface area (Å²) in [7, 11) is -1.89. The van der Waals surface area contributed by atoms with Crippen molar-refractivity contribution in [2.75, 3.05) is 0 Å². The Morgan fingerprint density at radius 2 is 1.69 bits per heavy atom. The van der Waals surface area contributed by atoms with Gasteiger partial charge in [-0.1, -0.05) is 47.6 Å². The Kier molecular flexibility index (Phi) is 4.89. The van der Waals surface area contributed by atoms with Crippen LogP contribution in [0.3, 0.4) is 0 Å². The van der Waals surface area contributed by atoms with Crippen LogP contribution in [-0.2, 0) is 4.74 Å². The van der Waals surface area contributed by atoms with Crippen molar-refractivity contribution in [3.8, 4) is 0 Å². The van der Waals surface area contributed by atoms with Crippen molar-refractivity contribution < 1.29 is 9.53 Å². The highest BCUT2D eigenvalue weighted by molar-refractivity contribution is 6.82. The first-order valence-corrected chi connectivity index (χ1v) is 12.7. The molecule has 1 aliphatic heterocycles. The predicted octanol–water partition coefficient (Wildman–Crippen LogP) is 6.32. The van der Waals surface area contributed by atoms with Crippen molar-refractivity contribution in [1.29, 1.82) is 0 Å². The molecule has 0 spiro atoms. The summed E-state index contributed by atoms with van der Waals surface area (Å²) in [4.78, 5) is 16.8. The number of nitrogens with zero attached hydrogens (tertiary/aromatic N) is 2. The van der Waals surface area contributed by atoms with Crippen LogP contribution in [0, 0.1) is 0 Å². The quantitative estimate of drug-likeness (QED) is 0.368. The third kappa shape index (κ3) is 2.78. The first-order valence-electron chi connectivity index (χ1n) is 10.5. The lowest BCUT2D eigenvalue weighted by Gasteiger charge is -2.44. The molecule has 0 radical (unpaired) electrons. The molecule has 0 saturated carbocycles. The molecule has 0 bridgehead atoms. The third-order valence-corrected chi connectivity index (χ3v) is 13.6. The number of hydrogen-bond donors (Lipinski definition) is 0. The Bertz CT molecular complexity index is 1030. The van der Waals surface area contributed by atoms with Crippen molar-refractivity contribution in [1.82, 2.24) is 9.22 Å². The molecule has 0 N–H and O–H groups in total. The van der Waals surface area contributed by atoms with Crippen LogP contribution >= 0.6 is 0 Å². The molecule has 0 saturated heterocycles. The Balaban J connectivity index is 1.98. The molecule has 0 fully saturated rings. The summed E-state index contributed by atoms with van der Waals surface area (Å²) in [6.07, 6.45) is 5.41. The minimum atomic E-state index is -1.89. The third-order valence-electron chi connectivity index (χ3n) is 6.80. The molecule has 2 aromatic heterocycles. The Hall–Kier alpha value is -2.40. The highest BCUT2D eigenvalue weighted by Gasteiger charge is 2.46. The van der Waals surface area contributed by atoms with E-state index in [1.54, 1.807) is 12.4 Å². The molecule has 1 unspecified atom stereocenters. The van der Waals surface area contributed by atoms with Gasteiger partial charge in [-0.3, -0.25) is 4.98 Å². The molecule has 152 valence electrons. The van der Waals surface area contributed by atoms with E-state index in [9.17, 15) is 4.79 Å². The second-order valence-electron chi connectivity index (χ2n) is 9.07. The minimum Gasteiger partial charge on any atom is -0.449 e. The van der Waals surface area contributed by atoms with Crippen LogP contribution in [0.2, 0.25) is 16.6 Å². The molecule has 5 heteroatoms. The van der Waals surface area contributed by atoms with Gasteiger partial charge in [-0.05, 0) is 47.1 Å². The molecule has 3 aromatic rings. The lowest BCUT2D eigenvalue weighted by molar-refractivity contribution is 0.0456. The summed E-state index contributed by atoms with van der Waals surface area (Å²) in [6, 6.07) is 10.1. The van der Waals surface area contributed by atoms with Gasteiger partial charge in [0.25, 0.3) is 0 Å². The number of carbonyl (C=O) groups excluding carboxylic acids is 1. The summed E-state index contributed by atoms with van der Waals surface area (Å²) >= 11 is 0. The van der Waals surface area contributed by atoms with E-state index in [1.807, 2.05) is 18.2 Å². The van der Waals surface area contributed by atoms with E-state index in [0.717, 1.165) is 16.5 Å². The number of aromatic nitrogens is 2. The van der Waals surface area contributed by atoms with E-state index in [-0.39, 0.29) is 12.1 Å². The number of ether oxygens (including phenoxy) is 1. The summed E-state index contributed by atoms with van der Waals surface area (Å²) < 4.78 is 8.38. The fourth-order valence-corrected chi connectivity index (χ4v) is 12.5. The van der Waals surface area contributed by atoms with Crippen LogP contribution < -0.4 is 0 Å². The average Bonchev–Trinajstić information content (AvgIpc) is 3.24. The lowest BCUT2D eigenvalue weighted by Crippen LogP contribution is -2.51. The highest BCUT2D eigenvalue weighted by atomic mass is 28.3. The summed E-state index contributed by atoms with van der Waals surface area (Å²) in [5.74, 6) is -0.247. The Morgan fingerprint density at radius 1 is 1.00 bits per heavy atom. The second-order valence-corrected chi connectivity index (χ2v) is 14.8. The topological polar surface area (TPSA) is 44.1 Å². The van der Waals surface area contributed by atoms with E-state index in [1.165, 1.54) is 5.52 Å². The molecule has 1 atom stereocenters. The van der Waals surface area contributed by atoms with Gasteiger partial charge in [-0.15, -0.1) is 0 Å². The molecule has 1 aliphatic rings. The molecular formula is C24H30N2O2Si. The Labute approximate surface area is 174 Å². The lowest BCUT2D eigenvalue weighted by atomic mass is 9.97. The monoisotopic (exact) mass is 406 g/mol. The Morgan fingerprint density at radius 3 is 2.28 bits per heavy atom. The zero-order chi connectivity index (χ0) is 20.9. The van der Waals surface area contributed by atoms with E-state index in [4.69, 9.17) is 4.74 Å². The zero-order valence-corrected chi connectivity index (χ0v) is 19.1. The van der Waals surface area contributed by atoms with Gasteiger partial charge in [0, 0.05) is 34.4 Å². The van der Waals surface area contributed by atoms with E-state index < -0.39 is 8.24 Å². The molecule has 1 aromatic carbocycles. The van der Waals surface area contributed by atoms with Crippen LogP contribution in [0.4, 0.5) is 0 Å². The molecule has 3 heterocycles. The molecule has 0 aliphatic carbocycles. The standard InChI is InChI=1S/C24H30N2O2Si/c1-15(2)29(16(3)4,17(5)6)26-13-11-19-21(26)10-9-20-22(19)23(28-24(20)27)18-8-7-12-25-14-18/h7-17,23H,1-6H3. The number of carbonyl (C=O) groups is 1. The molecule has 0 amide bonds. The van der Waals surface area contributed by atoms with Gasteiger partial charge in [-0.2, -0.15) is 0 Å². The summed E-state index contributed by atoms with van der Waals surface area (Å²) in [5.41, 5.74) is 5.59. The van der Waals surface area contributed by atoms with Gasteiger partial charge in [-0.25, -0.2) is 4.79 Å². The molecular weight excluding hydrogens is 376 g/mol. The van der Waals surface area contributed by atoms with Crippen molar-refractivity contribution in [3.63, 3.8) is 0 Å². The molecule has 29 heavy (non-hydrogen) atoms. The van der Waals surface area contributed by atoms with Crippen LogP contribution in [0.25, 0.3) is 10.9 Å². The van der Waals surface area contributed by atoms with Gasteiger partial charge in [0.2, 0.25) is 0 Å². The van der Waals surface area contributed by atoms with E-state index in [2.05, 4.69) is 69.1 Å². The number of rotatable bonds is 5. The van der Waals surface area contributed by atoms with E-state index in [0.29, 0.717) is 22.2 Å². The maximum atomic E-state index is 12.6. The summed E-state index contributed by atoms with van der Waals surface area (Å²) in [5, 5.41) is 1.13. The van der Waals surface area contributed by atoms with Crippen molar-refractivity contribution in [2.24, 2.45) is 0 Å². The molecule has 4 rings (SSSR count). The number of pyridine rings is 1. The van der Waals surface area contributed by atoms with Gasteiger partial charge < -0.3 is 8.97 Å².